The van der Waals surface area contributed by atoms with E-state index in [0.29, 0.717) is 0 Å². The second-order valence-corrected chi connectivity index (χ2v) is 14.0. The summed E-state index contributed by atoms with van der Waals surface area (Å²) in [5.74, 6) is 0.905. The van der Waals surface area contributed by atoms with Gasteiger partial charge >= 0.3 is 0 Å². The predicted octanol–water partition coefficient (Wildman–Crippen LogP) is 12.8. The zero-order valence-corrected chi connectivity index (χ0v) is 29.0. The number of aromatic nitrogens is 4. The minimum absolute atomic E-state index is 0.905. The molecule has 0 spiro atoms. The lowest BCUT2D eigenvalue weighted by molar-refractivity contribution is 0.670. The van der Waals surface area contributed by atoms with Crippen LogP contribution in [-0.4, -0.2) is 18.5 Å². The molecule has 4 heterocycles. The normalized spacial score (nSPS) is 12.1. The highest BCUT2D eigenvalue weighted by molar-refractivity contribution is 6.12. The van der Waals surface area contributed by atoms with Gasteiger partial charge in [0.15, 0.2) is 0 Å². The van der Waals surface area contributed by atoms with Crippen LogP contribution in [0.3, 0.4) is 0 Å². The molecule has 4 aromatic heterocycles. The van der Waals surface area contributed by atoms with Gasteiger partial charge in [0.2, 0.25) is 5.78 Å². The molecular formula is C49H30N4O. The molecule has 0 radical (unpaired) electrons. The number of imidazole rings is 2. The predicted molar refractivity (Wildman–Crippen MR) is 222 cm³/mol. The number of hydrogen-bond acceptors (Lipinski definition) is 2. The number of para-hydroxylation sites is 7. The molecule has 0 atom stereocenters. The van der Waals surface area contributed by atoms with Crippen LogP contribution < -0.4 is 0 Å². The molecule has 252 valence electrons. The van der Waals surface area contributed by atoms with Crippen molar-refractivity contribution >= 4 is 71.6 Å². The monoisotopic (exact) mass is 690 g/mol. The molecule has 8 aromatic carbocycles. The second kappa shape index (κ2) is 11.1. The quantitative estimate of drug-likeness (QED) is 0.184. The van der Waals surface area contributed by atoms with E-state index in [-0.39, 0.29) is 0 Å². The maximum atomic E-state index is 6.38. The van der Waals surface area contributed by atoms with Crippen molar-refractivity contribution in [1.29, 1.82) is 0 Å². The summed E-state index contributed by atoms with van der Waals surface area (Å²) in [6.45, 7) is 0. The summed E-state index contributed by atoms with van der Waals surface area (Å²) >= 11 is 0. The van der Waals surface area contributed by atoms with Crippen molar-refractivity contribution in [3.63, 3.8) is 0 Å². The average molecular weight is 691 g/mol. The number of rotatable bonds is 4. The molecule has 0 aliphatic rings. The minimum Gasteiger partial charge on any atom is -0.455 e. The van der Waals surface area contributed by atoms with Crippen LogP contribution in [0.1, 0.15) is 0 Å². The zero-order chi connectivity index (χ0) is 35.3. The molecule has 0 bridgehead atoms. The maximum absolute atomic E-state index is 6.38. The summed E-state index contributed by atoms with van der Waals surface area (Å²) in [6.07, 6.45) is 0. The highest BCUT2D eigenvalue weighted by Crippen LogP contribution is 2.40. The van der Waals surface area contributed by atoms with Gasteiger partial charge in [-0.25, -0.2) is 4.98 Å². The summed E-state index contributed by atoms with van der Waals surface area (Å²) in [5.41, 5.74) is 15.2. The third-order valence-electron chi connectivity index (χ3n) is 11.1. The van der Waals surface area contributed by atoms with Crippen molar-refractivity contribution in [2.75, 3.05) is 0 Å². The highest BCUT2D eigenvalue weighted by Gasteiger charge is 2.20. The molecule has 54 heavy (non-hydrogen) atoms. The smallest absolute Gasteiger partial charge is 0.220 e. The minimum atomic E-state index is 0.905. The lowest BCUT2D eigenvalue weighted by Gasteiger charge is -2.10. The van der Waals surface area contributed by atoms with Crippen molar-refractivity contribution in [2.24, 2.45) is 0 Å². The maximum Gasteiger partial charge on any atom is 0.220 e. The lowest BCUT2D eigenvalue weighted by Crippen LogP contribution is -1.94. The van der Waals surface area contributed by atoms with Crippen molar-refractivity contribution < 1.29 is 4.42 Å². The second-order valence-electron chi connectivity index (χ2n) is 14.0. The van der Waals surface area contributed by atoms with Crippen LogP contribution in [-0.2, 0) is 0 Å². The number of hydrogen-bond donors (Lipinski definition) is 0. The molecule has 5 heteroatoms. The average Bonchev–Trinajstić information content (AvgIpc) is 3.98. The van der Waals surface area contributed by atoms with Crippen LogP contribution in [0.25, 0.3) is 105 Å². The molecule has 0 fully saturated rings. The van der Waals surface area contributed by atoms with Crippen LogP contribution in [0.15, 0.2) is 186 Å². The SMILES string of the molecule is c1ccc(-n2c3ccccc3n3c4cccc(-c5ccc6c(c5)c5ccccc5n6-c5ccc(-c6cccc7c6oc6ccccc67)cc5)c4nc23)cc1. The van der Waals surface area contributed by atoms with Crippen molar-refractivity contribution in [3.8, 4) is 33.6 Å². The van der Waals surface area contributed by atoms with Gasteiger partial charge in [0, 0.05) is 44.0 Å². The first kappa shape index (κ1) is 29.2. The van der Waals surface area contributed by atoms with E-state index in [0.717, 1.165) is 88.9 Å². The van der Waals surface area contributed by atoms with Gasteiger partial charge in [-0.05, 0) is 77.9 Å². The van der Waals surface area contributed by atoms with Gasteiger partial charge in [0.1, 0.15) is 11.2 Å². The van der Waals surface area contributed by atoms with E-state index in [2.05, 4.69) is 183 Å². The van der Waals surface area contributed by atoms with Crippen LogP contribution >= 0.6 is 0 Å². The topological polar surface area (TPSA) is 40.3 Å². The van der Waals surface area contributed by atoms with Gasteiger partial charge in [-0.2, -0.15) is 0 Å². The molecule has 0 aliphatic heterocycles. The van der Waals surface area contributed by atoms with Crippen molar-refractivity contribution in [2.45, 2.75) is 0 Å². The van der Waals surface area contributed by atoms with E-state index in [1.807, 2.05) is 12.1 Å². The molecule has 5 nitrogen and oxygen atoms in total. The molecule has 0 saturated heterocycles. The first-order chi connectivity index (χ1) is 26.8. The fraction of sp³-hybridized carbons (Fsp3) is 0. The van der Waals surface area contributed by atoms with E-state index in [4.69, 9.17) is 9.40 Å². The van der Waals surface area contributed by atoms with Crippen LogP contribution in [0, 0.1) is 0 Å². The van der Waals surface area contributed by atoms with E-state index >= 15 is 0 Å². The largest absolute Gasteiger partial charge is 0.455 e. The summed E-state index contributed by atoms with van der Waals surface area (Å²) in [5, 5.41) is 4.70. The molecule has 12 rings (SSSR count). The van der Waals surface area contributed by atoms with Crippen LogP contribution in [0.5, 0.6) is 0 Å². The summed E-state index contributed by atoms with van der Waals surface area (Å²) in [4.78, 5) is 5.38. The Morgan fingerprint density at radius 1 is 0.389 bits per heavy atom. The summed E-state index contributed by atoms with van der Waals surface area (Å²) in [6, 6.07) is 64.7. The van der Waals surface area contributed by atoms with Crippen molar-refractivity contribution in [1.82, 2.24) is 18.5 Å². The molecule has 12 aromatic rings. The van der Waals surface area contributed by atoms with Gasteiger partial charge in [-0.1, -0.05) is 115 Å². The Hall–Kier alpha value is -7.37. The van der Waals surface area contributed by atoms with E-state index in [9.17, 15) is 0 Å². The van der Waals surface area contributed by atoms with Crippen LogP contribution in [0.4, 0.5) is 0 Å². The lowest BCUT2D eigenvalue weighted by atomic mass is 10.0. The van der Waals surface area contributed by atoms with Crippen LogP contribution in [0.2, 0.25) is 0 Å². The van der Waals surface area contributed by atoms with Gasteiger partial charge in [0.25, 0.3) is 0 Å². The third kappa shape index (κ3) is 4.06. The van der Waals surface area contributed by atoms with Gasteiger partial charge in [-0.15, -0.1) is 0 Å². The standard InChI is InChI=1S/C49H30N4O/c1-2-12-33(13-3-1)52-43-20-7-8-21-44(43)53-45-22-11-16-35(47(45)50-49(52)53)32-26-29-42-40(30-32)37-14-4-6-19-41(37)51(42)34-27-24-31(25-28-34)36-17-10-18-39-38-15-5-9-23-46(38)54-48(36)39/h1-30H. The molecular weight excluding hydrogens is 661 g/mol. The Bertz CT molecular complexity index is 3430. The Morgan fingerprint density at radius 3 is 1.89 bits per heavy atom. The van der Waals surface area contributed by atoms with Crippen molar-refractivity contribution in [3.05, 3.63) is 182 Å². The van der Waals surface area contributed by atoms with Gasteiger partial charge in [0.05, 0.1) is 33.1 Å². The Labute approximate surface area is 309 Å². The first-order valence-corrected chi connectivity index (χ1v) is 18.3. The fourth-order valence-electron chi connectivity index (χ4n) is 8.67. The number of furan rings is 1. The molecule has 0 N–H and O–H groups in total. The number of benzene rings is 8. The van der Waals surface area contributed by atoms with Gasteiger partial charge in [-0.3, -0.25) is 8.97 Å². The highest BCUT2D eigenvalue weighted by atomic mass is 16.3. The molecule has 0 amide bonds. The Balaban J connectivity index is 1.01. The number of nitrogens with zero attached hydrogens (tertiary/aromatic N) is 4. The number of fused-ring (bicyclic) bond motifs is 11. The molecule has 0 aliphatic carbocycles. The van der Waals surface area contributed by atoms with E-state index in [1.165, 1.54) is 16.3 Å². The Morgan fingerprint density at radius 2 is 1.02 bits per heavy atom. The van der Waals surface area contributed by atoms with E-state index in [1.54, 1.807) is 0 Å². The van der Waals surface area contributed by atoms with E-state index < -0.39 is 0 Å². The summed E-state index contributed by atoms with van der Waals surface area (Å²) in [7, 11) is 0. The molecule has 0 unspecified atom stereocenters. The fourth-order valence-corrected chi connectivity index (χ4v) is 8.67. The zero-order valence-electron chi connectivity index (χ0n) is 29.0. The Kier molecular flexibility index (Phi) is 5.99. The third-order valence-corrected chi connectivity index (χ3v) is 11.1. The van der Waals surface area contributed by atoms with Gasteiger partial charge < -0.3 is 8.98 Å². The summed E-state index contributed by atoms with van der Waals surface area (Å²) < 4.78 is 13.3. The first-order valence-electron chi connectivity index (χ1n) is 18.3. The molecule has 0 saturated carbocycles.